The fraction of sp³-hybridized carbons (Fsp3) is 0.318. The van der Waals surface area contributed by atoms with Gasteiger partial charge in [0.15, 0.2) is 5.13 Å². The number of aryl methyl sites for hydroxylation is 2. The van der Waals surface area contributed by atoms with E-state index >= 15 is 0 Å². The highest BCUT2D eigenvalue weighted by molar-refractivity contribution is 9.10. The van der Waals surface area contributed by atoms with Gasteiger partial charge in [-0.3, -0.25) is 0 Å². The zero-order valence-corrected chi connectivity index (χ0v) is 20.2. The first-order valence-corrected chi connectivity index (χ1v) is 13.0. The van der Waals surface area contributed by atoms with Crippen LogP contribution in [-0.2, 0) is 16.4 Å². The summed E-state index contributed by atoms with van der Waals surface area (Å²) < 4.78 is 28.1. The van der Waals surface area contributed by atoms with Crippen molar-refractivity contribution in [2.24, 2.45) is 0 Å². The maximum atomic E-state index is 13.0. The van der Waals surface area contributed by atoms with Crippen LogP contribution < -0.4 is 4.90 Å². The third-order valence-corrected chi connectivity index (χ3v) is 9.03. The number of rotatable bonds is 5. The summed E-state index contributed by atoms with van der Waals surface area (Å²) >= 11 is 4.99. The minimum absolute atomic E-state index is 0.323. The number of benzene rings is 2. The Hall–Kier alpha value is -1.74. The van der Waals surface area contributed by atoms with Gasteiger partial charge in [-0.25, -0.2) is 13.4 Å². The van der Waals surface area contributed by atoms with Crippen molar-refractivity contribution in [3.63, 3.8) is 0 Å². The molecular weight excluding hydrogens is 482 g/mol. The summed E-state index contributed by atoms with van der Waals surface area (Å²) in [6.07, 6.45) is 0.815. The molecule has 158 valence electrons. The number of hydrogen-bond donors (Lipinski definition) is 0. The molecule has 0 aliphatic carbocycles. The van der Waals surface area contributed by atoms with Crippen LogP contribution in [0.4, 0.5) is 5.13 Å². The van der Waals surface area contributed by atoms with Crippen LogP contribution in [0, 0.1) is 13.8 Å². The van der Waals surface area contributed by atoms with Crippen molar-refractivity contribution in [1.82, 2.24) is 9.29 Å². The summed E-state index contributed by atoms with van der Waals surface area (Å²) in [6.45, 7) is 6.42. The van der Waals surface area contributed by atoms with Crippen molar-refractivity contribution in [3.05, 3.63) is 74.7 Å². The number of thiazole rings is 1. The quantitative estimate of drug-likeness (QED) is 0.507. The highest BCUT2D eigenvalue weighted by Crippen LogP contribution is 2.28. The molecule has 0 bridgehead atoms. The second kappa shape index (κ2) is 8.78. The lowest BCUT2D eigenvalue weighted by Crippen LogP contribution is -2.48. The van der Waals surface area contributed by atoms with E-state index in [-0.39, 0.29) is 0 Å². The van der Waals surface area contributed by atoms with Crippen molar-refractivity contribution in [2.75, 3.05) is 31.1 Å². The Morgan fingerprint density at radius 2 is 1.70 bits per heavy atom. The molecule has 1 aromatic heterocycles. The molecule has 1 aliphatic heterocycles. The summed E-state index contributed by atoms with van der Waals surface area (Å²) in [7, 11) is -3.50. The van der Waals surface area contributed by atoms with Crippen LogP contribution in [0.3, 0.4) is 0 Å². The number of piperazine rings is 1. The molecule has 2 heterocycles. The van der Waals surface area contributed by atoms with Gasteiger partial charge in [-0.2, -0.15) is 4.31 Å². The molecule has 1 saturated heterocycles. The first-order chi connectivity index (χ1) is 14.3. The average Bonchev–Trinajstić information content (AvgIpc) is 3.16. The van der Waals surface area contributed by atoms with Gasteiger partial charge in [-0.15, -0.1) is 11.3 Å². The molecule has 0 N–H and O–H groups in total. The lowest BCUT2D eigenvalue weighted by Gasteiger charge is -2.34. The average molecular weight is 506 g/mol. The van der Waals surface area contributed by atoms with Gasteiger partial charge in [0.1, 0.15) is 0 Å². The largest absolute Gasteiger partial charge is 0.345 e. The zero-order chi connectivity index (χ0) is 21.3. The maximum Gasteiger partial charge on any atom is 0.244 e. The number of aromatic nitrogens is 1. The van der Waals surface area contributed by atoms with E-state index in [1.165, 1.54) is 16.7 Å². The standard InChI is InChI=1S/C22H24BrN3O2S2/c1-16-11-17(2)13-18(12-16)14-19-15-29-22(24-19)25-7-9-26(10-8-25)30(27,28)21-6-4-3-5-20(21)23/h3-6,11-13,15H,7-10,14H2,1-2H3. The van der Waals surface area contributed by atoms with E-state index in [0.29, 0.717) is 35.5 Å². The topological polar surface area (TPSA) is 53.5 Å². The third-order valence-electron chi connectivity index (χ3n) is 5.17. The molecule has 0 amide bonds. The molecule has 0 atom stereocenters. The first kappa shape index (κ1) is 21.5. The van der Waals surface area contributed by atoms with Gasteiger partial charge in [-0.05, 0) is 47.5 Å². The predicted octanol–water partition coefficient (Wildman–Crippen LogP) is 4.62. The Morgan fingerprint density at radius 1 is 1.03 bits per heavy atom. The summed E-state index contributed by atoms with van der Waals surface area (Å²) in [5.41, 5.74) is 4.86. The van der Waals surface area contributed by atoms with E-state index in [2.05, 4.69) is 58.3 Å². The predicted molar refractivity (Wildman–Crippen MR) is 126 cm³/mol. The van der Waals surface area contributed by atoms with Crippen LogP contribution in [0.25, 0.3) is 0 Å². The molecule has 2 aromatic carbocycles. The number of sulfonamides is 1. The summed E-state index contributed by atoms with van der Waals surface area (Å²) in [4.78, 5) is 7.32. The van der Waals surface area contributed by atoms with Crippen LogP contribution in [0.2, 0.25) is 0 Å². The Balaban J connectivity index is 1.42. The SMILES string of the molecule is Cc1cc(C)cc(Cc2csc(N3CCN(S(=O)(=O)c4ccccc4Br)CC3)n2)c1. The highest BCUT2D eigenvalue weighted by Gasteiger charge is 2.30. The summed E-state index contributed by atoms with van der Waals surface area (Å²) in [5.74, 6) is 0. The van der Waals surface area contributed by atoms with Crippen LogP contribution in [0.15, 0.2) is 57.2 Å². The van der Waals surface area contributed by atoms with E-state index in [4.69, 9.17) is 4.98 Å². The smallest absolute Gasteiger partial charge is 0.244 e. The molecule has 0 saturated carbocycles. The second-order valence-corrected chi connectivity index (χ2v) is 11.2. The lowest BCUT2D eigenvalue weighted by molar-refractivity contribution is 0.384. The van der Waals surface area contributed by atoms with Gasteiger partial charge in [0.25, 0.3) is 0 Å². The van der Waals surface area contributed by atoms with Crippen molar-refractivity contribution in [1.29, 1.82) is 0 Å². The normalized spacial score (nSPS) is 15.5. The van der Waals surface area contributed by atoms with E-state index in [0.717, 1.165) is 17.2 Å². The molecule has 0 unspecified atom stereocenters. The first-order valence-electron chi connectivity index (χ1n) is 9.84. The van der Waals surface area contributed by atoms with Gasteiger partial charge in [0.2, 0.25) is 10.0 Å². The fourth-order valence-electron chi connectivity index (χ4n) is 3.82. The number of hydrogen-bond acceptors (Lipinski definition) is 5. The number of anilines is 1. The number of halogens is 1. The van der Waals surface area contributed by atoms with Crippen molar-refractivity contribution in [3.8, 4) is 0 Å². The van der Waals surface area contributed by atoms with Crippen molar-refractivity contribution in [2.45, 2.75) is 25.2 Å². The molecule has 4 rings (SSSR count). The van der Waals surface area contributed by atoms with Gasteiger partial charge in [0.05, 0.1) is 10.6 Å². The maximum absolute atomic E-state index is 13.0. The molecule has 8 heteroatoms. The minimum Gasteiger partial charge on any atom is -0.345 e. The van der Waals surface area contributed by atoms with Crippen LogP contribution in [0.1, 0.15) is 22.4 Å². The summed E-state index contributed by atoms with van der Waals surface area (Å²) in [6, 6.07) is 13.6. The Morgan fingerprint density at radius 3 is 2.37 bits per heavy atom. The number of nitrogens with zero attached hydrogens (tertiary/aromatic N) is 3. The lowest BCUT2D eigenvalue weighted by atomic mass is 10.0. The van der Waals surface area contributed by atoms with Crippen LogP contribution in [-0.4, -0.2) is 43.9 Å². The zero-order valence-electron chi connectivity index (χ0n) is 17.0. The summed E-state index contributed by atoms with van der Waals surface area (Å²) in [5, 5.41) is 3.07. The van der Waals surface area contributed by atoms with Gasteiger partial charge in [0, 0.05) is 42.5 Å². The monoisotopic (exact) mass is 505 g/mol. The third kappa shape index (κ3) is 4.61. The molecule has 1 aliphatic rings. The molecule has 1 fully saturated rings. The molecule has 0 spiro atoms. The Labute approximate surface area is 190 Å². The molecule has 3 aromatic rings. The Kier molecular flexibility index (Phi) is 6.29. The molecule has 5 nitrogen and oxygen atoms in total. The highest BCUT2D eigenvalue weighted by atomic mass is 79.9. The van der Waals surface area contributed by atoms with Crippen molar-refractivity contribution >= 4 is 42.4 Å². The second-order valence-electron chi connectivity index (χ2n) is 7.62. The van der Waals surface area contributed by atoms with E-state index in [1.807, 2.05) is 6.07 Å². The molecule has 30 heavy (non-hydrogen) atoms. The van der Waals surface area contributed by atoms with E-state index in [9.17, 15) is 8.42 Å². The van der Waals surface area contributed by atoms with E-state index < -0.39 is 10.0 Å². The van der Waals surface area contributed by atoms with Crippen LogP contribution in [0.5, 0.6) is 0 Å². The Bertz CT molecular complexity index is 1130. The van der Waals surface area contributed by atoms with Gasteiger partial charge < -0.3 is 4.90 Å². The van der Waals surface area contributed by atoms with Crippen molar-refractivity contribution < 1.29 is 8.42 Å². The van der Waals surface area contributed by atoms with Gasteiger partial charge >= 0.3 is 0 Å². The molecule has 0 radical (unpaired) electrons. The van der Waals surface area contributed by atoms with Gasteiger partial charge in [-0.1, -0.05) is 41.5 Å². The molecular formula is C22H24BrN3O2S2. The fourth-order valence-corrected chi connectivity index (χ4v) is 7.08. The van der Waals surface area contributed by atoms with Crippen LogP contribution >= 0.6 is 27.3 Å². The van der Waals surface area contributed by atoms with E-state index in [1.54, 1.807) is 33.8 Å². The minimum atomic E-state index is -3.50.